The molecule has 2 heteroatoms. The number of rotatable bonds is 0. The van der Waals surface area contributed by atoms with E-state index in [1.807, 2.05) is 0 Å². The van der Waals surface area contributed by atoms with Crippen LogP contribution in [0.2, 0.25) is 0 Å². The summed E-state index contributed by atoms with van der Waals surface area (Å²) in [4.78, 5) is 0. The summed E-state index contributed by atoms with van der Waals surface area (Å²) in [5.74, 6) is -2.66. The molecule has 3 atom stereocenters. The van der Waals surface area contributed by atoms with Crippen molar-refractivity contribution in [3.8, 4) is 0 Å². The van der Waals surface area contributed by atoms with Gasteiger partial charge in [0.05, 0.1) is 13.6 Å². The second-order valence-corrected chi connectivity index (χ2v) is 1.81. The lowest BCUT2D eigenvalue weighted by atomic mass is 9.87. The molecule has 1 aliphatic rings. The van der Waals surface area contributed by atoms with Gasteiger partial charge in [0.15, 0.2) is 0 Å². The van der Waals surface area contributed by atoms with Crippen LogP contribution in [0, 0.1) is 5.89 Å². The van der Waals surface area contributed by atoms with E-state index in [4.69, 9.17) is 11.0 Å². The van der Waals surface area contributed by atoms with Crippen molar-refractivity contribution in [3.05, 3.63) is 0 Å². The molecule has 1 saturated carbocycles. The third kappa shape index (κ3) is 1.66. The molecule has 0 aromatic rings. The van der Waals surface area contributed by atoms with Crippen LogP contribution in [0.5, 0.6) is 0 Å². The van der Waals surface area contributed by atoms with Gasteiger partial charge in [0, 0.05) is 9.60 Å². The van der Waals surface area contributed by atoms with E-state index in [2.05, 4.69) is 0 Å². The summed E-state index contributed by atoms with van der Waals surface area (Å²) in [6.45, 7) is 0.795. The zero-order valence-electron chi connectivity index (χ0n) is 13.0. The van der Waals surface area contributed by atoms with E-state index < -0.39 is 37.2 Å². The van der Waals surface area contributed by atoms with E-state index >= 15 is 0 Å². The van der Waals surface area contributed by atoms with Crippen molar-refractivity contribution in [2.24, 2.45) is 5.89 Å². The zero-order valence-corrected chi connectivity index (χ0v) is 4.97. The number of hydrogen-bond acceptors (Lipinski definition) is 2. The molecular weight excluding hydrogens is 116 g/mol. The highest BCUT2D eigenvalue weighted by Gasteiger charge is 2.24. The van der Waals surface area contributed by atoms with Crippen molar-refractivity contribution < 1.29 is 21.2 Å². The second-order valence-electron chi connectivity index (χ2n) is 1.81. The zero-order chi connectivity index (χ0) is 14.1. The number of aliphatic hydroxyl groups excluding tert-OH is 1. The molecule has 0 spiro atoms. The lowest BCUT2D eigenvalue weighted by molar-refractivity contribution is -0.0226. The molecule has 0 aromatic heterocycles. The number of hydrogen-bond donors (Lipinski definition) is 2. The monoisotopic (exact) mass is 138 g/mol. The van der Waals surface area contributed by atoms with Gasteiger partial charge in [0.1, 0.15) is 0 Å². The van der Waals surface area contributed by atoms with Crippen molar-refractivity contribution in [2.45, 2.75) is 38.2 Å². The summed E-state index contributed by atoms with van der Waals surface area (Å²) in [5.41, 5.74) is 0. The fraction of sp³-hybridized carbons (Fsp3) is 1.00. The summed E-state index contributed by atoms with van der Waals surface area (Å²) in [7, 11) is 0. The van der Waals surface area contributed by atoms with E-state index in [1.54, 1.807) is 0 Å². The normalized spacial score (nSPS) is 91.2. The highest BCUT2D eigenvalue weighted by Crippen LogP contribution is 2.23. The van der Waals surface area contributed by atoms with E-state index in [0.717, 1.165) is 6.92 Å². The lowest BCUT2D eigenvalue weighted by Gasteiger charge is -2.27. The van der Waals surface area contributed by atoms with Gasteiger partial charge in [-0.3, -0.25) is 0 Å². The minimum atomic E-state index is -3.37. The molecule has 2 nitrogen and oxygen atoms in total. The smallest absolute Gasteiger partial charge is 0.0801 e. The Labute approximate surface area is 66.8 Å². The Morgan fingerprint density at radius 3 is 2.89 bits per heavy atom. The van der Waals surface area contributed by atoms with Crippen LogP contribution >= 0.6 is 0 Å². The van der Waals surface area contributed by atoms with Gasteiger partial charge < -0.3 is 10.2 Å². The standard InChI is InChI=1S/C7H14O2/c1-5-2-3-6(8)7(9)4-5/h5-9H,2-4H2,1H3/i2D2,3D2,4D2,5D,6D. The molecule has 0 aromatic carbocycles. The van der Waals surface area contributed by atoms with E-state index in [1.165, 1.54) is 0 Å². The van der Waals surface area contributed by atoms with Gasteiger partial charge in [0.2, 0.25) is 0 Å². The first kappa shape index (κ1) is 1.95. The van der Waals surface area contributed by atoms with Crippen LogP contribution in [0.15, 0.2) is 0 Å². The van der Waals surface area contributed by atoms with E-state index in [0.29, 0.717) is 0 Å². The van der Waals surface area contributed by atoms with Gasteiger partial charge in [-0.05, 0) is 25.0 Å². The number of aliphatic hydroxyl groups is 2. The topological polar surface area (TPSA) is 40.5 Å². The average Bonchev–Trinajstić information content (AvgIpc) is 2.13. The molecule has 0 aliphatic heterocycles. The maximum Gasteiger partial charge on any atom is 0.0801 e. The molecule has 0 saturated heterocycles. The SMILES string of the molecule is [2H]C1([2H])C(O)C([2H])(O)C([2H])([2H])C([2H])([2H])C1([2H])C. The average molecular weight is 138 g/mol. The van der Waals surface area contributed by atoms with Crippen molar-refractivity contribution in [1.29, 1.82) is 0 Å². The Kier molecular flexibility index (Phi) is 0.580. The Bertz CT molecular complexity index is 307. The molecule has 1 aliphatic carbocycles. The molecule has 9 heavy (non-hydrogen) atoms. The minimum absolute atomic E-state index is 0.795. The molecule has 3 unspecified atom stereocenters. The van der Waals surface area contributed by atoms with Gasteiger partial charge in [0.25, 0.3) is 0 Å². The van der Waals surface area contributed by atoms with Crippen LogP contribution in [0.3, 0.4) is 0 Å². The third-order valence-corrected chi connectivity index (χ3v) is 0.990. The van der Waals surface area contributed by atoms with Crippen LogP contribution < -0.4 is 0 Å². The van der Waals surface area contributed by atoms with Crippen LogP contribution in [-0.2, 0) is 0 Å². The highest BCUT2D eigenvalue weighted by atomic mass is 16.3. The van der Waals surface area contributed by atoms with Crippen molar-refractivity contribution in [1.82, 2.24) is 0 Å². The first-order valence-electron chi connectivity index (χ1n) is 6.56. The van der Waals surface area contributed by atoms with E-state index in [9.17, 15) is 10.2 Å². The van der Waals surface area contributed by atoms with Crippen molar-refractivity contribution in [2.75, 3.05) is 0 Å². The minimum Gasteiger partial charge on any atom is -0.390 e. The van der Waals surface area contributed by atoms with Crippen LogP contribution in [0.25, 0.3) is 0 Å². The Morgan fingerprint density at radius 1 is 1.56 bits per heavy atom. The fourth-order valence-corrected chi connectivity index (χ4v) is 0.536. The van der Waals surface area contributed by atoms with Gasteiger partial charge >= 0.3 is 0 Å². The van der Waals surface area contributed by atoms with Crippen LogP contribution in [0.4, 0.5) is 0 Å². The molecule has 1 fully saturated rings. The summed E-state index contributed by atoms with van der Waals surface area (Å²) >= 11 is 0. The first-order chi connectivity index (χ1) is 7.15. The highest BCUT2D eigenvalue weighted by molar-refractivity contribution is 4.76. The quantitative estimate of drug-likeness (QED) is 0.512. The second kappa shape index (κ2) is 2.67. The summed E-state index contributed by atoms with van der Waals surface area (Å²) in [6.07, 6.45) is -15.3. The Balaban J connectivity index is 3.56. The van der Waals surface area contributed by atoms with Gasteiger partial charge in [-0.1, -0.05) is 6.92 Å². The predicted octanol–water partition coefficient (Wildman–Crippen LogP) is 0.528. The third-order valence-electron chi connectivity index (χ3n) is 0.990. The van der Waals surface area contributed by atoms with Crippen LogP contribution in [-0.4, -0.2) is 22.4 Å². The summed E-state index contributed by atoms with van der Waals surface area (Å²) in [5, 5.41) is 19.1. The predicted molar refractivity (Wildman–Crippen MR) is 35.0 cm³/mol. The molecule has 2 N–H and O–H groups in total. The Hall–Kier alpha value is -0.0800. The maximum absolute atomic E-state index is 9.55. The molecule has 1 rings (SSSR count). The van der Waals surface area contributed by atoms with Crippen molar-refractivity contribution >= 4 is 0 Å². The molecule has 0 bridgehead atoms. The molecule has 0 heterocycles. The van der Waals surface area contributed by atoms with Crippen molar-refractivity contribution in [3.63, 3.8) is 0 Å². The van der Waals surface area contributed by atoms with Gasteiger partial charge in [-0.25, -0.2) is 0 Å². The Morgan fingerprint density at radius 2 is 2.22 bits per heavy atom. The maximum atomic E-state index is 9.55. The molecule has 0 radical (unpaired) electrons. The lowest BCUT2D eigenvalue weighted by Crippen LogP contribution is -2.32. The van der Waals surface area contributed by atoms with Gasteiger partial charge in [-0.15, -0.1) is 0 Å². The summed E-state index contributed by atoms with van der Waals surface area (Å²) < 4.78 is 59.7. The fourth-order valence-electron chi connectivity index (χ4n) is 0.536. The largest absolute Gasteiger partial charge is 0.390 e. The first-order valence-corrected chi connectivity index (χ1v) is 2.56. The molecule has 0 amide bonds. The van der Waals surface area contributed by atoms with Gasteiger partial charge in [-0.2, -0.15) is 0 Å². The summed E-state index contributed by atoms with van der Waals surface area (Å²) in [6, 6.07) is 0. The molecule has 54 valence electrons. The van der Waals surface area contributed by atoms with E-state index in [-0.39, 0.29) is 0 Å². The van der Waals surface area contributed by atoms with Crippen LogP contribution in [0.1, 0.15) is 37.0 Å². The molecular formula is C7H14O2.